The van der Waals surface area contributed by atoms with Crippen molar-refractivity contribution >= 4 is 0 Å². The van der Waals surface area contributed by atoms with Gasteiger partial charge in [-0.2, -0.15) is 13.2 Å². The zero-order valence-electron chi connectivity index (χ0n) is 7.78. The molecule has 0 N–H and O–H groups in total. The first-order valence-corrected chi connectivity index (χ1v) is 4.10. The maximum Gasteiger partial charge on any atom is 0.389 e. The van der Waals surface area contributed by atoms with Crippen LogP contribution >= 0.6 is 0 Å². The summed E-state index contributed by atoms with van der Waals surface area (Å²) >= 11 is 0. The van der Waals surface area contributed by atoms with Crippen molar-refractivity contribution < 1.29 is 13.2 Å². The van der Waals surface area contributed by atoms with Crippen molar-refractivity contribution in [1.82, 2.24) is 4.90 Å². The SMILES string of the molecule is CC(C)N(C)CCCC(F)(F)F. The Morgan fingerprint density at radius 1 is 1.25 bits per heavy atom. The standard InChI is InChI=1S/C8H16F3N/c1-7(2)12(3)6-4-5-8(9,10)11/h7H,4-6H2,1-3H3. The van der Waals surface area contributed by atoms with Crippen LogP contribution in [0.3, 0.4) is 0 Å². The fourth-order valence-electron chi connectivity index (χ4n) is 0.787. The molecule has 12 heavy (non-hydrogen) atoms. The predicted octanol–water partition coefficient (Wildman–Crippen LogP) is 2.67. The van der Waals surface area contributed by atoms with Crippen molar-refractivity contribution in [3.63, 3.8) is 0 Å². The first kappa shape index (κ1) is 11.8. The molecule has 0 heterocycles. The Labute approximate surface area is 71.6 Å². The third-order valence-electron chi connectivity index (χ3n) is 1.85. The summed E-state index contributed by atoms with van der Waals surface area (Å²) in [6.45, 7) is 4.44. The number of alkyl halides is 3. The summed E-state index contributed by atoms with van der Waals surface area (Å²) in [7, 11) is 1.83. The summed E-state index contributed by atoms with van der Waals surface area (Å²) < 4.78 is 35.1. The van der Waals surface area contributed by atoms with Crippen LogP contribution in [0, 0.1) is 0 Å². The molecule has 0 spiro atoms. The lowest BCUT2D eigenvalue weighted by molar-refractivity contribution is -0.136. The van der Waals surface area contributed by atoms with Gasteiger partial charge < -0.3 is 4.90 Å². The first-order chi connectivity index (χ1) is 5.33. The van der Waals surface area contributed by atoms with Crippen molar-refractivity contribution in [3.8, 4) is 0 Å². The van der Waals surface area contributed by atoms with E-state index in [-0.39, 0.29) is 6.42 Å². The molecule has 0 aliphatic heterocycles. The molecule has 0 aromatic heterocycles. The van der Waals surface area contributed by atoms with Gasteiger partial charge in [0, 0.05) is 12.5 Å². The summed E-state index contributed by atoms with van der Waals surface area (Å²) in [5, 5.41) is 0. The van der Waals surface area contributed by atoms with Crippen LogP contribution in [0.4, 0.5) is 13.2 Å². The minimum atomic E-state index is -4.00. The molecular formula is C8H16F3N. The molecule has 0 bridgehead atoms. The van der Waals surface area contributed by atoms with Crippen LogP contribution in [0.1, 0.15) is 26.7 Å². The van der Waals surface area contributed by atoms with Gasteiger partial charge in [0.25, 0.3) is 0 Å². The van der Waals surface area contributed by atoms with Gasteiger partial charge in [0.1, 0.15) is 0 Å². The maximum absolute atomic E-state index is 11.7. The number of halogens is 3. The highest BCUT2D eigenvalue weighted by Gasteiger charge is 2.26. The third-order valence-corrected chi connectivity index (χ3v) is 1.85. The second kappa shape index (κ2) is 4.70. The number of hydrogen-bond donors (Lipinski definition) is 0. The van der Waals surface area contributed by atoms with Gasteiger partial charge >= 0.3 is 6.18 Å². The van der Waals surface area contributed by atoms with Crippen LogP contribution in [-0.4, -0.2) is 30.7 Å². The number of rotatable bonds is 4. The lowest BCUT2D eigenvalue weighted by atomic mass is 10.2. The van der Waals surface area contributed by atoms with Gasteiger partial charge in [0.15, 0.2) is 0 Å². The molecule has 0 aliphatic carbocycles. The highest BCUT2D eigenvalue weighted by atomic mass is 19.4. The largest absolute Gasteiger partial charge is 0.389 e. The van der Waals surface area contributed by atoms with Crippen molar-refractivity contribution in [3.05, 3.63) is 0 Å². The molecule has 0 aromatic rings. The van der Waals surface area contributed by atoms with E-state index in [2.05, 4.69) is 0 Å². The highest BCUT2D eigenvalue weighted by molar-refractivity contribution is 4.59. The smallest absolute Gasteiger partial charge is 0.304 e. The van der Waals surface area contributed by atoms with Gasteiger partial charge in [-0.1, -0.05) is 0 Å². The minimum Gasteiger partial charge on any atom is -0.304 e. The van der Waals surface area contributed by atoms with E-state index < -0.39 is 12.6 Å². The van der Waals surface area contributed by atoms with E-state index in [1.54, 1.807) is 0 Å². The molecular weight excluding hydrogens is 167 g/mol. The second-order valence-electron chi connectivity index (χ2n) is 3.29. The number of nitrogens with zero attached hydrogens (tertiary/aromatic N) is 1. The van der Waals surface area contributed by atoms with Crippen molar-refractivity contribution in [1.29, 1.82) is 0 Å². The van der Waals surface area contributed by atoms with Gasteiger partial charge in [-0.15, -0.1) is 0 Å². The minimum absolute atomic E-state index is 0.193. The summed E-state index contributed by atoms with van der Waals surface area (Å²) in [5.74, 6) is 0. The molecule has 1 nitrogen and oxygen atoms in total. The molecule has 0 aromatic carbocycles. The average Bonchev–Trinajstić information content (AvgIpc) is 1.84. The Hall–Kier alpha value is -0.250. The molecule has 0 unspecified atom stereocenters. The second-order valence-corrected chi connectivity index (χ2v) is 3.29. The van der Waals surface area contributed by atoms with Crippen LogP contribution in [0.25, 0.3) is 0 Å². The third kappa shape index (κ3) is 6.46. The van der Waals surface area contributed by atoms with Gasteiger partial charge in [0.05, 0.1) is 0 Å². The van der Waals surface area contributed by atoms with Crippen LogP contribution in [0.15, 0.2) is 0 Å². The Morgan fingerprint density at radius 3 is 2.08 bits per heavy atom. The van der Waals surface area contributed by atoms with E-state index in [9.17, 15) is 13.2 Å². The van der Waals surface area contributed by atoms with Crippen molar-refractivity contribution in [2.24, 2.45) is 0 Å². The van der Waals surface area contributed by atoms with E-state index in [1.165, 1.54) is 0 Å². The molecule has 0 amide bonds. The molecule has 0 saturated carbocycles. The summed E-state index contributed by atoms with van der Waals surface area (Å²) in [6, 6.07) is 0.318. The van der Waals surface area contributed by atoms with Gasteiger partial charge in [-0.05, 0) is 33.9 Å². The van der Waals surface area contributed by atoms with Crippen molar-refractivity contribution in [2.45, 2.75) is 38.9 Å². The average molecular weight is 183 g/mol. The highest BCUT2D eigenvalue weighted by Crippen LogP contribution is 2.21. The molecule has 0 radical (unpaired) electrons. The fourth-order valence-corrected chi connectivity index (χ4v) is 0.787. The van der Waals surface area contributed by atoms with E-state index in [4.69, 9.17) is 0 Å². The Balaban J connectivity index is 3.44. The Morgan fingerprint density at radius 2 is 1.75 bits per heavy atom. The zero-order chi connectivity index (χ0) is 9.78. The quantitative estimate of drug-likeness (QED) is 0.647. The molecule has 0 rings (SSSR count). The van der Waals surface area contributed by atoms with Crippen LogP contribution in [0.2, 0.25) is 0 Å². The van der Waals surface area contributed by atoms with Gasteiger partial charge in [-0.3, -0.25) is 0 Å². The van der Waals surface area contributed by atoms with E-state index >= 15 is 0 Å². The van der Waals surface area contributed by atoms with E-state index in [1.807, 2.05) is 25.8 Å². The van der Waals surface area contributed by atoms with Gasteiger partial charge in [0.2, 0.25) is 0 Å². The molecule has 0 atom stereocenters. The van der Waals surface area contributed by atoms with E-state index in [0.717, 1.165) is 0 Å². The van der Waals surface area contributed by atoms with Crippen LogP contribution < -0.4 is 0 Å². The lowest BCUT2D eigenvalue weighted by Crippen LogP contribution is -2.28. The normalized spacial score (nSPS) is 13.0. The molecule has 0 saturated heterocycles. The molecule has 74 valence electrons. The van der Waals surface area contributed by atoms with Crippen LogP contribution in [0.5, 0.6) is 0 Å². The lowest BCUT2D eigenvalue weighted by Gasteiger charge is -2.20. The van der Waals surface area contributed by atoms with Crippen LogP contribution in [-0.2, 0) is 0 Å². The maximum atomic E-state index is 11.7. The summed E-state index contributed by atoms with van der Waals surface area (Å²) in [5.41, 5.74) is 0. The monoisotopic (exact) mass is 183 g/mol. The van der Waals surface area contributed by atoms with Crippen molar-refractivity contribution in [2.75, 3.05) is 13.6 Å². The predicted molar refractivity (Wildman–Crippen MR) is 43.1 cm³/mol. The molecule has 0 aliphatic rings. The zero-order valence-corrected chi connectivity index (χ0v) is 7.78. The summed E-state index contributed by atoms with van der Waals surface area (Å²) in [6.07, 6.45) is -4.49. The van der Waals surface area contributed by atoms with E-state index in [0.29, 0.717) is 12.6 Å². The first-order valence-electron chi connectivity index (χ1n) is 4.10. The summed E-state index contributed by atoms with van der Waals surface area (Å²) in [4.78, 5) is 1.91. The topological polar surface area (TPSA) is 3.24 Å². The Kier molecular flexibility index (Phi) is 4.60. The molecule has 0 fully saturated rings. The molecule has 4 heteroatoms. The number of hydrogen-bond acceptors (Lipinski definition) is 1. The Bertz CT molecular complexity index is 120. The fraction of sp³-hybridized carbons (Fsp3) is 1.00. The van der Waals surface area contributed by atoms with Gasteiger partial charge in [-0.25, -0.2) is 0 Å².